The van der Waals surface area contributed by atoms with Crippen molar-refractivity contribution in [2.75, 3.05) is 10.8 Å². The van der Waals surface area contributed by atoms with E-state index in [0.29, 0.717) is 10.7 Å². The molecule has 0 spiro atoms. The van der Waals surface area contributed by atoms with E-state index in [4.69, 9.17) is 11.6 Å². The molecule has 0 bridgehead atoms. The first kappa shape index (κ1) is 34.2. The molecule has 1 aliphatic rings. The molecule has 1 aliphatic carbocycles. The lowest BCUT2D eigenvalue weighted by molar-refractivity contribution is -0.140. The Morgan fingerprint density at radius 3 is 2.13 bits per heavy atom. The van der Waals surface area contributed by atoms with E-state index in [-0.39, 0.29) is 29.8 Å². The zero-order valence-corrected chi connectivity index (χ0v) is 28.7. The molecule has 1 fully saturated rings. The highest BCUT2D eigenvalue weighted by atomic mass is 35.5. The van der Waals surface area contributed by atoms with Gasteiger partial charge in [0, 0.05) is 24.0 Å². The molecule has 0 aliphatic heterocycles. The van der Waals surface area contributed by atoms with Crippen molar-refractivity contribution in [3.05, 3.63) is 130 Å². The summed E-state index contributed by atoms with van der Waals surface area (Å²) in [5.74, 6) is -0.719. The third-order valence-electron chi connectivity index (χ3n) is 8.91. The number of hydrogen-bond acceptors (Lipinski definition) is 4. The minimum absolute atomic E-state index is 0.0119. The van der Waals surface area contributed by atoms with Crippen LogP contribution in [-0.4, -0.2) is 43.8 Å². The van der Waals surface area contributed by atoms with Crippen LogP contribution in [0, 0.1) is 20.8 Å². The third-order valence-corrected chi connectivity index (χ3v) is 10.9. The summed E-state index contributed by atoms with van der Waals surface area (Å²) in [5, 5.41) is 3.61. The molecule has 0 saturated heterocycles. The zero-order valence-electron chi connectivity index (χ0n) is 27.2. The molecule has 9 heteroatoms. The van der Waals surface area contributed by atoms with Crippen molar-refractivity contribution >= 4 is 39.1 Å². The van der Waals surface area contributed by atoms with E-state index in [0.717, 1.165) is 57.8 Å². The highest BCUT2D eigenvalue weighted by Crippen LogP contribution is 2.28. The Morgan fingerprint density at radius 2 is 1.49 bits per heavy atom. The standard InChI is InChI=1S/C38H42ClN3O4S/c1-27-13-16-31(17-14-27)25-41(36(24-30-9-5-4-6-10-30)38(44)40-33-11-7-8-12-33)37(43)26-42(34-20-15-28(2)29(3)23-34)47(45,46)35-21-18-32(39)19-22-35/h4-6,9-10,13-23,33,36H,7-8,11-12,24-26H2,1-3H3,(H,40,44)/t36-/m0/s1. The van der Waals surface area contributed by atoms with Crippen molar-refractivity contribution in [2.45, 2.75) is 76.4 Å². The van der Waals surface area contributed by atoms with Gasteiger partial charge >= 0.3 is 0 Å². The Labute approximate surface area is 283 Å². The SMILES string of the molecule is Cc1ccc(CN(C(=O)CN(c2ccc(C)c(C)c2)S(=O)(=O)c2ccc(Cl)cc2)[C@@H](Cc2ccccc2)C(=O)NC2CCCC2)cc1. The van der Waals surface area contributed by atoms with Gasteiger partial charge < -0.3 is 10.2 Å². The van der Waals surface area contributed by atoms with Crippen LogP contribution in [0.2, 0.25) is 5.02 Å². The van der Waals surface area contributed by atoms with Gasteiger partial charge in [0.05, 0.1) is 10.6 Å². The number of amides is 2. The van der Waals surface area contributed by atoms with Crippen molar-refractivity contribution in [3.63, 3.8) is 0 Å². The van der Waals surface area contributed by atoms with Gasteiger partial charge in [-0.25, -0.2) is 8.42 Å². The summed E-state index contributed by atoms with van der Waals surface area (Å²) in [6.45, 7) is 5.48. The minimum atomic E-state index is -4.20. The van der Waals surface area contributed by atoms with E-state index < -0.39 is 28.5 Å². The van der Waals surface area contributed by atoms with Crippen LogP contribution in [0.4, 0.5) is 5.69 Å². The van der Waals surface area contributed by atoms with Crippen molar-refractivity contribution < 1.29 is 18.0 Å². The van der Waals surface area contributed by atoms with E-state index in [1.54, 1.807) is 17.0 Å². The molecule has 5 rings (SSSR count). The van der Waals surface area contributed by atoms with Crippen LogP contribution in [0.15, 0.2) is 102 Å². The van der Waals surface area contributed by atoms with E-state index in [1.165, 1.54) is 24.3 Å². The predicted molar refractivity (Wildman–Crippen MR) is 188 cm³/mol. The predicted octanol–water partition coefficient (Wildman–Crippen LogP) is 7.16. The molecule has 246 valence electrons. The molecule has 4 aromatic rings. The van der Waals surface area contributed by atoms with Crippen LogP contribution in [-0.2, 0) is 32.6 Å². The summed E-state index contributed by atoms with van der Waals surface area (Å²) in [5.41, 5.74) is 5.06. The quantitative estimate of drug-likeness (QED) is 0.173. The normalized spacial score (nSPS) is 14.0. The summed E-state index contributed by atoms with van der Waals surface area (Å²) in [6.07, 6.45) is 4.18. The van der Waals surface area contributed by atoms with Crippen molar-refractivity contribution in [3.8, 4) is 0 Å². The fourth-order valence-electron chi connectivity index (χ4n) is 5.95. The summed E-state index contributed by atoms with van der Waals surface area (Å²) in [6, 6.07) is 27.8. The number of benzene rings is 4. The number of sulfonamides is 1. The lowest BCUT2D eigenvalue weighted by Crippen LogP contribution is -2.54. The minimum Gasteiger partial charge on any atom is -0.352 e. The number of anilines is 1. The topological polar surface area (TPSA) is 86.8 Å². The molecule has 0 unspecified atom stereocenters. The number of rotatable bonds is 12. The number of carbonyl (C=O) groups excluding carboxylic acids is 2. The van der Waals surface area contributed by atoms with Crippen LogP contribution in [0.3, 0.4) is 0 Å². The van der Waals surface area contributed by atoms with Gasteiger partial charge in [0.15, 0.2) is 0 Å². The van der Waals surface area contributed by atoms with Gasteiger partial charge in [0.2, 0.25) is 11.8 Å². The molecule has 2 amide bonds. The number of carbonyl (C=O) groups is 2. The largest absolute Gasteiger partial charge is 0.352 e. The third kappa shape index (κ3) is 8.62. The number of nitrogens with one attached hydrogen (secondary N) is 1. The first-order valence-electron chi connectivity index (χ1n) is 16.1. The van der Waals surface area contributed by atoms with Gasteiger partial charge in [-0.05, 0) is 92.3 Å². The molecular weight excluding hydrogens is 630 g/mol. The van der Waals surface area contributed by atoms with E-state index in [1.807, 2.05) is 81.4 Å². The average molecular weight is 672 g/mol. The molecule has 47 heavy (non-hydrogen) atoms. The second-order valence-electron chi connectivity index (χ2n) is 12.4. The second-order valence-corrected chi connectivity index (χ2v) is 14.7. The number of nitrogens with zero attached hydrogens (tertiary/aromatic N) is 2. The molecule has 1 N–H and O–H groups in total. The smallest absolute Gasteiger partial charge is 0.264 e. The monoisotopic (exact) mass is 671 g/mol. The van der Waals surface area contributed by atoms with Crippen molar-refractivity contribution in [1.82, 2.24) is 10.2 Å². The maximum Gasteiger partial charge on any atom is 0.264 e. The lowest BCUT2D eigenvalue weighted by atomic mass is 10.0. The van der Waals surface area contributed by atoms with Crippen LogP contribution >= 0.6 is 11.6 Å². The second kappa shape index (κ2) is 15.2. The molecular formula is C38H42ClN3O4S. The first-order valence-corrected chi connectivity index (χ1v) is 17.9. The highest BCUT2D eigenvalue weighted by Gasteiger charge is 2.35. The van der Waals surface area contributed by atoms with Gasteiger partial charge in [-0.2, -0.15) is 0 Å². The summed E-state index contributed by atoms with van der Waals surface area (Å²) in [4.78, 5) is 30.4. The number of aryl methyl sites for hydroxylation is 3. The number of hydrogen-bond donors (Lipinski definition) is 1. The van der Waals surface area contributed by atoms with E-state index in [2.05, 4.69) is 5.32 Å². The highest BCUT2D eigenvalue weighted by molar-refractivity contribution is 7.92. The Balaban J connectivity index is 1.57. The summed E-state index contributed by atoms with van der Waals surface area (Å²) in [7, 11) is -4.20. The molecule has 0 radical (unpaired) electrons. The maximum atomic E-state index is 14.7. The molecule has 1 saturated carbocycles. The van der Waals surface area contributed by atoms with Gasteiger partial charge in [0.1, 0.15) is 12.6 Å². The van der Waals surface area contributed by atoms with Crippen molar-refractivity contribution in [2.24, 2.45) is 0 Å². The van der Waals surface area contributed by atoms with E-state index >= 15 is 0 Å². The Kier molecular flexibility index (Phi) is 11.0. The van der Waals surface area contributed by atoms with Crippen molar-refractivity contribution in [1.29, 1.82) is 0 Å². The summed E-state index contributed by atoms with van der Waals surface area (Å²) >= 11 is 6.09. The average Bonchev–Trinajstić information content (AvgIpc) is 3.57. The molecule has 0 heterocycles. The first-order chi connectivity index (χ1) is 22.5. The summed E-state index contributed by atoms with van der Waals surface area (Å²) < 4.78 is 29.6. The lowest BCUT2D eigenvalue weighted by Gasteiger charge is -2.34. The molecule has 7 nitrogen and oxygen atoms in total. The van der Waals surface area contributed by atoms with Gasteiger partial charge in [-0.1, -0.05) is 90.7 Å². The van der Waals surface area contributed by atoms with Gasteiger partial charge in [-0.3, -0.25) is 13.9 Å². The van der Waals surface area contributed by atoms with Gasteiger partial charge in [-0.15, -0.1) is 0 Å². The Bertz CT molecular complexity index is 1790. The fourth-order valence-corrected chi connectivity index (χ4v) is 7.49. The Hall–Kier alpha value is -4.14. The van der Waals surface area contributed by atoms with E-state index in [9.17, 15) is 18.0 Å². The fraction of sp³-hybridized carbons (Fsp3) is 0.316. The molecule has 4 aromatic carbocycles. The zero-order chi connectivity index (χ0) is 33.6. The number of halogens is 1. The molecule has 1 atom stereocenters. The van der Waals surface area contributed by atoms with Crippen LogP contribution in [0.25, 0.3) is 0 Å². The van der Waals surface area contributed by atoms with Crippen LogP contribution in [0.1, 0.15) is 53.5 Å². The Morgan fingerprint density at radius 1 is 0.830 bits per heavy atom. The van der Waals surface area contributed by atoms with Gasteiger partial charge in [0.25, 0.3) is 10.0 Å². The maximum absolute atomic E-state index is 14.7. The van der Waals surface area contributed by atoms with Crippen LogP contribution in [0.5, 0.6) is 0 Å². The molecule has 0 aromatic heterocycles. The van der Waals surface area contributed by atoms with Crippen LogP contribution < -0.4 is 9.62 Å².